The molecule has 0 radical (unpaired) electrons. The Labute approximate surface area is 241 Å². The van der Waals surface area contributed by atoms with Gasteiger partial charge in [0, 0.05) is 43.1 Å². The van der Waals surface area contributed by atoms with Gasteiger partial charge in [-0.05, 0) is 74.1 Å². The number of ether oxygens (including phenoxy) is 1. The molecule has 0 bridgehead atoms. The van der Waals surface area contributed by atoms with Crippen LogP contribution in [0.15, 0.2) is 77.7 Å². The molecule has 9 heteroatoms. The Bertz CT molecular complexity index is 1560. The van der Waals surface area contributed by atoms with Crippen LogP contribution in [-0.2, 0) is 26.1 Å². The molecule has 2 aliphatic heterocycles. The van der Waals surface area contributed by atoms with E-state index in [2.05, 4.69) is 46.2 Å². The van der Waals surface area contributed by atoms with Crippen LogP contribution in [0.25, 0.3) is 11.3 Å². The molecule has 0 aromatic heterocycles. The molecule has 8 nitrogen and oxygen atoms in total. The molecule has 1 aliphatic carbocycles. The van der Waals surface area contributed by atoms with Crippen LogP contribution in [0.5, 0.6) is 0 Å². The topological polar surface area (TPSA) is 99.8 Å². The number of benzene rings is 3. The molecule has 2 heterocycles. The molecule has 3 N–H and O–H groups in total. The summed E-state index contributed by atoms with van der Waals surface area (Å²) < 4.78 is 34.7. The molecule has 1 amide bonds. The molecular formula is C32H36N4O4S. The largest absolute Gasteiger partial charge is 0.373 e. The van der Waals surface area contributed by atoms with E-state index in [9.17, 15) is 13.2 Å². The predicted molar refractivity (Wildman–Crippen MR) is 162 cm³/mol. The second-order valence-corrected chi connectivity index (χ2v) is 13.1. The van der Waals surface area contributed by atoms with E-state index in [1.54, 1.807) is 18.2 Å². The highest BCUT2D eigenvalue weighted by Gasteiger charge is 2.31. The monoisotopic (exact) mass is 572 g/mol. The minimum Gasteiger partial charge on any atom is -0.373 e. The lowest BCUT2D eigenvalue weighted by molar-refractivity contribution is -0.110. The minimum absolute atomic E-state index is 0.148. The zero-order chi connectivity index (χ0) is 28.6. The summed E-state index contributed by atoms with van der Waals surface area (Å²) in [7, 11) is -3.70. The van der Waals surface area contributed by atoms with Gasteiger partial charge in [-0.15, -0.1) is 0 Å². The summed E-state index contributed by atoms with van der Waals surface area (Å²) in [5.41, 5.74) is 5.03. The first kappa shape index (κ1) is 27.7. The Balaban J connectivity index is 1.31. The number of carbonyl (C=O) groups excluding carboxylic acids is 1. The van der Waals surface area contributed by atoms with Crippen LogP contribution in [0.1, 0.15) is 43.4 Å². The number of carbonyl (C=O) groups is 1. The van der Waals surface area contributed by atoms with Crippen molar-refractivity contribution in [1.82, 2.24) is 9.62 Å². The summed E-state index contributed by atoms with van der Waals surface area (Å²) >= 11 is 0. The number of fused-ring (bicyclic) bond motifs is 1. The first-order valence-corrected chi connectivity index (χ1v) is 15.7. The van der Waals surface area contributed by atoms with Crippen molar-refractivity contribution in [2.45, 2.75) is 50.3 Å². The van der Waals surface area contributed by atoms with Crippen molar-refractivity contribution in [1.29, 1.82) is 0 Å². The summed E-state index contributed by atoms with van der Waals surface area (Å²) in [6, 6.07) is 22.7. The number of nitrogens with zero attached hydrogens (tertiary/aromatic N) is 1. The normalized spacial score (nSPS) is 22.2. The molecule has 2 atom stereocenters. The molecule has 6 rings (SSSR count). The van der Waals surface area contributed by atoms with Gasteiger partial charge in [-0.2, -0.15) is 0 Å². The molecule has 1 saturated heterocycles. The SMILES string of the molecule is C[C@@H]1CN(Cc2ccc(N/C(=C3\C(=O)Nc4ccc(S(=O)(=O)NCC5CC5)cc43)c3ccccc3)cc2)C[C@H](C)O1. The zero-order valence-corrected chi connectivity index (χ0v) is 24.2. The highest BCUT2D eigenvalue weighted by atomic mass is 32.2. The van der Waals surface area contributed by atoms with Crippen LogP contribution in [0.4, 0.5) is 11.4 Å². The Morgan fingerprint density at radius 3 is 2.37 bits per heavy atom. The van der Waals surface area contributed by atoms with E-state index in [1.807, 2.05) is 42.5 Å². The van der Waals surface area contributed by atoms with Gasteiger partial charge < -0.3 is 15.4 Å². The van der Waals surface area contributed by atoms with E-state index < -0.39 is 10.0 Å². The maximum Gasteiger partial charge on any atom is 0.258 e. The van der Waals surface area contributed by atoms with Crippen LogP contribution < -0.4 is 15.4 Å². The van der Waals surface area contributed by atoms with Crippen molar-refractivity contribution in [3.63, 3.8) is 0 Å². The fraction of sp³-hybridized carbons (Fsp3) is 0.344. The molecule has 3 aromatic rings. The minimum atomic E-state index is -3.70. The third-order valence-electron chi connectivity index (χ3n) is 7.74. The molecule has 0 unspecified atom stereocenters. The van der Waals surface area contributed by atoms with E-state index in [-0.39, 0.29) is 23.0 Å². The quantitative estimate of drug-likeness (QED) is 0.315. The molecule has 1 saturated carbocycles. The van der Waals surface area contributed by atoms with Crippen molar-refractivity contribution >= 4 is 38.6 Å². The first-order valence-electron chi connectivity index (χ1n) is 14.2. The van der Waals surface area contributed by atoms with E-state index in [0.717, 1.165) is 43.7 Å². The predicted octanol–water partition coefficient (Wildman–Crippen LogP) is 4.92. The highest BCUT2D eigenvalue weighted by Crippen LogP contribution is 2.39. The van der Waals surface area contributed by atoms with Gasteiger partial charge in [0.25, 0.3) is 5.91 Å². The lowest BCUT2D eigenvalue weighted by Gasteiger charge is -2.35. The summed E-state index contributed by atoms with van der Waals surface area (Å²) in [5.74, 6) is 0.137. The maximum atomic E-state index is 13.4. The smallest absolute Gasteiger partial charge is 0.258 e. The number of anilines is 2. The van der Waals surface area contributed by atoms with Crippen LogP contribution >= 0.6 is 0 Å². The summed E-state index contributed by atoms with van der Waals surface area (Å²) in [5, 5.41) is 6.40. The van der Waals surface area contributed by atoms with Crippen molar-refractivity contribution in [3.8, 4) is 0 Å². The van der Waals surface area contributed by atoms with Crippen molar-refractivity contribution in [2.24, 2.45) is 5.92 Å². The lowest BCUT2D eigenvalue weighted by atomic mass is 10.00. The van der Waals surface area contributed by atoms with Gasteiger partial charge in [0.05, 0.1) is 28.4 Å². The van der Waals surface area contributed by atoms with Crippen LogP contribution in [0, 0.1) is 5.92 Å². The van der Waals surface area contributed by atoms with Gasteiger partial charge in [0.15, 0.2) is 0 Å². The maximum absolute atomic E-state index is 13.4. The fourth-order valence-electron chi connectivity index (χ4n) is 5.59. The average Bonchev–Trinajstić information content (AvgIpc) is 3.72. The molecule has 0 spiro atoms. The Morgan fingerprint density at radius 1 is 0.976 bits per heavy atom. The molecule has 41 heavy (non-hydrogen) atoms. The molecule has 3 aliphatic rings. The van der Waals surface area contributed by atoms with E-state index in [1.165, 1.54) is 5.56 Å². The number of rotatable bonds is 9. The van der Waals surface area contributed by atoms with Crippen molar-refractivity contribution in [3.05, 3.63) is 89.5 Å². The van der Waals surface area contributed by atoms with Crippen molar-refractivity contribution < 1.29 is 17.9 Å². The molecule has 214 valence electrons. The van der Waals surface area contributed by atoms with Gasteiger partial charge >= 0.3 is 0 Å². The zero-order valence-electron chi connectivity index (χ0n) is 23.4. The molecular weight excluding hydrogens is 536 g/mol. The van der Waals surface area contributed by atoms with Crippen molar-refractivity contribution in [2.75, 3.05) is 30.3 Å². The Hall–Kier alpha value is -3.50. The average molecular weight is 573 g/mol. The van der Waals surface area contributed by atoms with Gasteiger partial charge in [0.1, 0.15) is 0 Å². The van der Waals surface area contributed by atoms with Gasteiger partial charge in [0.2, 0.25) is 10.0 Å². The molecule has 3 aromatic carbocycles. The number of hydrogen-bond donors (Lipinski definition) is 3. The molecule has 2 fully saturated rings. The van der Waals surface area contributed by atoms with E-state index in [4.69, 9.17) is 4.74 Å². The van der Waals surface area contributed by atoms with Gasteiger partial charge in [-0.3, -0.25) is 9.69 Å². The van der Waals surface area contributed by atoms with E-state index >= 15 is 0 Å². The third kappa shape index (κ3) is 6.38. The number of nitrogens with one attached hydrogen (secondary N) is 3. The number of morpholine rings is 1. The van der Waals surface area contributed by atoms with E-state index in [0.29, 0.717) is 35.0 Å². The summed E-state index contributed by atoms with van der Waals surface area (Å²) in [6.07, 6.45) is 2.53. The number of hydrogen-bond acceptors (Lipinski definition) is 6. The van der Waals surface area contributed by atoms with Crippen LogP contribution in [0.3, 0.4) is 0 Å². The number of sulfonamides is 1. The van der Waals surface area contributed by atoms with Crippen LogP contribution in [0.2, 0.25) is 0 Å². The summed E-state index contributed by atoms with van der Waals surface area (Å²) in [6.45, 7) is 7.29. The van der Waals surface area contributed by atoms with Gasteiger partial charge in [-0.25, -0.2) is 13.1 Å². The lowest BCUT2D eigenvalue weighted by Crippen LogP contribution is -2.44. The fourth-order valence-corrected chi connectivity index (χ4v) is 6.73. The highest BCUT2D eigenvalue weighted by molar-refractivity contribution is 7.89. The van der Waals surface area contributed by atoms with Crippen LogP contribution in [-0.4, -0.2) is 51.1 Å². The standard InChI is InChI=1S/C32H36N4O4S/c1-21-18-36(19-22(2)40-21)20-24-10-12-26(13-11-24)34-31(25-6-4-3-5-7-25)30-28-16-27(14-15-29(28)35-32(30)37)41(38,39)33-17-23-8-9-23/h3-7,10-16,21-23,33-34H,8-9,17-20H2,1-2H3,(H,35,37)/b31-30-/t21-,22+. The Morgan fingerprint density at radius 2 is 1.68 bits per heavy atom. The second-order valence-electron chi connectivity index (χ2n) is 11.3. The first-order chi connectivity index (χ1) is 19.7. The third-order valence-corrected chi connectivity index (χ3v) is 9.16. The van der Waals surface area contributed by atoms with Gasteiger partial charge in [-0.1, -0.05) is 42.5 Å². The Kier molecular flexibility index (Phi) is 7.70. The second kappa shape index (κ2) is 11.4. The number of amides is 1. The summed E-state index contributed by atoms with van der Waals surface area (Å²) in [4.78, 5) is 15.9.